The van der Waals surface area contributed by atoms with Crippen molar-refractivity contribution in [2.75, 3.05) is 18.4 Å². The van der Waals surface area contributed by atoms with E-state index >= 15 is 0 Å². The Morgan fingerprint density at radius 2 is 1.91 bits per heavy atom. The van der Waals surface area contributed by atoms with E-state index in [-0.39, 0.29) is 27.7 Å². The minimum absolute atomic E-state index is 0.00755. The van der Waals surface area contributed by atoms with Crippen molar-refractivity contribution in [3.05, 3.63) is 36.1 Å². The molecule has 0 aromatic carbocycles. The highest BCUT2D eigenvalue weighted by molar-refractivity contribution is 7.89. The van der Waals surface area contributed by atoms with Crippen LogP contribution in [0.3, 0.4) is 0 Å². The van der Waals surface area contributed by atoms with E-state index in [0.29, 0.717) is 31.5 Å². The molecule has 1 fully saturated rings. The maximum atomic E-state index is 12.7. The van der Waals surface area contributed by atoms with Crippen LogP contribution in [0.4, 0.5) is 19.1 Å². The van der Waals surface area contributed by atoms with Gasteiger partial charge in [-0.05, 0) is 12.8 Å². The summed E-state index contributed by atoms with van der Waals surface area (Å²) in [7, 11) is -1.96. The molecule has 0 saturated carbocycles. The van der Waals surface area contributed by atoms with E-state index in [1.165, 1.54) is 35.4 Å². The molecule has 15 heteroatoms. The van der Waals surface area contributed by atoms with Gasteiger partial charge in [0, 0.05) is 44.1 Å². The van der Waals surface area contributed by atoms with Gasteiger partial charge in [0.25, 0.3) is 10.0 Å². The lowest BCUT2D eigenvalue weighted by Gasteiger charge is -2.31. The summed E-state index contributed by atoms with van der Waals surface area (Å²) in [5, 5.41) is 7.04. The number of aromatic nitrogens is 6. The monoisotopic (exact) mass is 504 g/mol. The highest BCUT2D eigenvalue weighted by atomic mass is 35.5. The Morgan fingerprint density at radius 3 is 2.55 bits per heavy atom. The molecule has 0 bridgehead atoms. The molecule has 4 rings (SSSR count). The lowest BCUT2D eigenvalue weighted by molar-refractivity contribution is -0.142. The second-order valence-corrected chi connectivity index (χ2v) is 9.92. The van der Waals surface area contributed by atoms with Crippen molar-refractivity contribution in [2.24, 2.45) is 7.05 Å². The molecular weight excluding hydrogens is 485 g/mol. The Balaban J connectivity index is 1.42. The summed E-state index contributed by atoms with van der Waals surface area (Å²) in [5.74, 6) is 0.240. The summed E-state index contributed by atoms with van der Waals surface area (Å²) in [4.78, 5) is 12.4. The molecule has 0 spiro atoms. The van der Waals surface area contributed by atoms with E-state index in [4.69, 9.17) is 11.6 Å². The summed E-state index contributed by atoms with van der Waals surface area (Å²) in [6.45, 7) is -0.636. The molecule has 178 valence electrons. The predicted octanol–water partition coefficient (Wildman–Crippen LogP) is 2.55. The van der Waals surface area contributed by atoms with E-state index in [9.17, 15) is 21.6 Å². The quantitative estimate of drug-likeness (QED) is 0.549. The third-order valence-corrected chi connectivity index (χ3v) is 7.13. The minimum atomic E-state index is -4.40. The van der Waals surface area contributed by atoms with Gasteiger partial charge in [-0.25, -0.2) is 23.4 Å². The summed E-state index contributed by atoms with van der Waals surface area (Å²) in [6, 6.07) is -0.0952. The molecule has 0 radical (unpaired) electrons. The molecule has 1 saturated heterocycles. The third-order valence-electron chi connectivity index (χ3n) is 5.06. The van der Waals surface area contributed by atoms with Crippen molar-refractivity contribution in [2.45, 2.75) is 36.6 Å². The fraction of sp³-hybridized carbons (Fsp3) is 0.444. The number of piperidine rings is 1. The molecule has 0 unspecified atom stereocenters. The largest absolute Gasteiger partial charge is 0.408 e. The zero-order valence-electron chi connectivity index (χ0n) is 17.4. The van der Waals surface area contributed by atoms with Crippen LogP contribution in [0, 0.1) is 0 Å². The van der Waals surface area contributed by atoms with Crippen LogP contribution < -0.4 is 5.32 Å². The Morgan fingerprint density at radius 1 is 1.18 bits per heavy atom. The van der Waals surface area contributed by atoms with Gasteiger partial charge < -0.3 is 9.88 Å². The van der Waals surface area contributed by atoms with Crippen molar-refractivity contribution in [3.63, 3.8) is 0 Å². The molecule has 10 nitrogen and oxygen atoms in total. The molecule has 1 aliphatic heterocycles. The number of hydrogen-bond donors (Lipinski definition) is 1. The fourth-order valence-corrected chi connectivity index (χ4v) is 5.11. The number of halogens is 4. The molecule has 33 heavy (non-hydrogen) atoms. The standard InChI is InChI=1S/C18H20ClF3N8O2S/c1-28-9-15(24-11-28)33(31,32)30-4-2-13(3-5-30)26-17-23-7-14(19)16(27-17)12-6-25-29(8-12)10-18(20,21)22/h6-9,11,13H,2-5,10H2,1H3,(H,23,26,27). The maximum absolute atomic E-state index is 12.7. The van der Waals surface area contributed by atoms with Crippen molar-refractivity contribution >= 4 is 27.6 Å². The van der Waals surface area contributed by atoms with E-state index in [2.05, 4.69) is 25.4 Å². The average molecular weight is 505 g/mol. The second-order valence-electron chi connectivity index (χ2n) is 7.63. The van der Waals surface area contributed by atoms with E-state index in [0.717, 1.165) is 4.68 Å². The highest BCUT2D eigenvalue weighted by Gasteiger charge is 2.31. The zero-order valence-corrected chi connectivity index (χ0v) is 18.9. The van der Waals surface area contributed by atoms with Crippen LogP contribution in [0.2, 0.25) is 5.02 Å². The van der Waals surface area contributed by atoms with Crippen molar-refractivity contribution in [3.8, 4) is 11.3 Å². The lowest BCUT2D eigenvalue weighted by atomic mass is 10.1. The smallest absolute Gasteiger partial charge is 0.351 e. The van der Waals surface area contributed by atoms with E-state index < -0.39 is 22.7 Å². The van der Waals surface area contributed by atoms with Gasteiger partial charge in [-0.1, -0.05) is 11.6 Å². The normalized spacial score (nSPS) is 16.3. The summed E-state index contributed by atoms with van der Waals surface area (Å²) < 4.78 is 66.9. The number of hydrogen-bond acceptors (Lipinski definition) is 7. The molecule has 3 aromatic rings. The summed E-state index contributed by atoms with van der Waals surface area (Å²) >= 11 is 6.15. The van der Waals surface area contributed by atoms with Crippen LogP contribution in [-0.4, -0.2) is 67.3 Å². The van der Waals surface area contributed by atoms with Crippen LogP contribution in [0.15, 0.2) is 36.1 Å². The Bertz CT molecular complexity index is 1240. The first-order valence-corrected chi connectivity index (χ1v) is 11.7. The van der Waals surface area contributed by atoms with Gasteiger partial charge in [0.1, 0.15) is 6.54 Å². The molecule has 0 atom stereocenters. The van der Waals surface area contributed by atoms with Crippen LogP contribution in [0.25, 0.3) is 11.3 Å². The number of nitrogens with zero attached hydrogens (tertiary/aromatic N) is 7. The van der Waals surface area contributed by atoms with E-state index in [1.807, 2.05) is 0 Å². The molecule has 1 aliphatic rings. The van der Waals surface area contributed by atoms with Crippen LogP contribution in [0.5, 0.6) is 0 Å². The van der Waals surface area contributed by atoms with Crippen LogP contribution in [-0.2, 0) is 23.6 Å². The van der Waals surface area contributed by atoms with Gasteiger partial charge in [-0.2, -0.15) is 22.6 Å². The van der Waals surface area contributed by atoms with Gasteiger partial charge in [-0.15, -0.1) is 0 Å². The Kier molecular flexibility index (Phi) is 6.33. The Labute approximate surface area is 192 Å². The van der Waals surface area contributed by atoms with Crippen LogP contribution >= 0.6 is 11.6 Å². The Hall–Kier alpha value is -2.71. The van der Waals surface area contributed by atoms with Crippen molar-refractivity contribution < 1.29 is 21.6 Å². The average Bonchev–Trinajstić information content (AvgIpc) is 3.38. The van der Waals surface area contributed by atoms with Gasteiger partial charge >= 0.3 is 6.18 Å². The number of alkyl halides is 3. The summed E-state index contributed by atoms with van der Waals surface area (Å²) in [5.41, 5.74) is 0.573. The number of sulfonamides is 1. The van der Waals surface area contributed by atoms with Gasteiger partial charge in [0.2, 0.25) is 5.95 Å². The SMILES string of the molecule is Cn1cnc(S(=O)(=O)N2CCC(Nc3ncc(Cl)c(-c4cnn(CC(F)(F)F)c4)n3)CC2)c1. The molecule has 1 N–H and O–H groups in total. The molecular formula is C18H20ClF3N8O2S. The first kappa shape index (κ1) is 23.4. The maximum Gasteiger partial charge on any atom is 0.408 e. The molecule has 0 amide bonds. The third kappa shape index (κ3) is 5.45. The highest BCUT2D eigenvalue weighted by Crippen LogP contribution is 2.28. The van der Waals surface area contributed by atoms with Crippen molar-refractivity contribution in [1.82, 2.24) is 33.6 Å². The lowest BCUT2D eigenvalue weighted by Crippen LogP contribution is -2.42. The second kappa shape index (κ2) is 8.91. The minimum Gasteiger partial charge on any atom is -0.351 e. The van der Waals surface area contributed by atoms with Crippen molar-refractivity contribution in [1.29, 1.82) is 0 Å². The molecule has 3 aromatic heterocycles. The van der Waals surface area contributed by atoms with Gasteiger partial charge in [0.05, 0.1) is 29.4 Å². The first-order chi connectivity index (χ1) is 15.5. The molecule has 4 heterocycles. The predicted molar refractivity (Wildman–Crippen MR) is 113 cm³/mol. The molecule has 0 aliphatic carbocycles. The number of imidazole rings is 1. The van der Waals surface area contributed by atoms with Crippen LogP contribution in [0.1, 0.15) is 12.8 Å². The zero-order chi connectivity index (χ0) is 23.8. The number of anilines is 1. The first-order valence-electron chi connectivity index (χ1n) is 9.88. The number of rotatable bonds is 6. The summed E-state index contributed by atoms with van der Waals surface area (Å²) in [6.07, 6.45) is 3.34. The number of nitrogens with one attached hydrogen (secondary N) is 1. The van der Waals surface area contributed by atoms with Gasteiger partial charge in [-0.3, -0.25) is 4.68 Å². The topological polar surface area (TPSA) is 111 Å². The number of aryl methyl sites for hydroxylation is 1. The van der Waals surface area contributed by atoms with Gasteiger partial charge in [0.15, 0.2) is 5.03 Å². The fourth-order valence-electron chi connectivity index (χ4n) is 3.47. The van der Waals surface area contributed by atoms with E-state index in [1.54, 1.807) is 11.6 Å².